The minimum atomic E-state index is -0.880. The first-order valence-corrected chi connectivity index (χ1v) is 7.65. The van der Waals surface area contributed by atoms with Crippen molar-refractivity contribution in [1.29, 1.82) is 0 Å². The van der Waals surface area contributed by atoms with Crippen LogP contribution in [0.15, 0.2) is 36.4 Å². The Morgan fingerprint density at radius 1 is 1.18 bits per heavy atom. The summed E-state index contributed by atoms with van der Waals surface area (Å²) in [5.41, 5.74) is 0.950. The van der Waals surface area contributed by atoms with E-state index < -0.39 is 11.9 Å². The predicted octanol–water partition coefficient (Wildman–Crippen LogP) is 3.30. The molecule has 0 bridgehead atoms. The van der Waals surface area contributed by atoms with Gasteiger partial charge >= 0.3 is 5.97 Å². The summed E-state index contributed by atoms with van der Waals surface area (Å²) in [5, 5.41) is 9.04. The fourth-order valence-electron chi connectivity index (χ4n) is 1.95. The summed E-state index contributed by atoms with van der Waals surface area (Å²) in [7, 11) is 0. The molecule has 0 saturated heterocycles. The predicted molar refractivity (Wildman–Crippen MR) is 88.3 cm³/mol. The average Bonchev–Trinajstić information content (AvgIpc) is 2.49. The van der Waals surface area contributed by atoms with Crippen LogP contribution in [-0.2, 0) is 9.59 Å². The van der Waals surface area contributed by atoms with Gasteiger partial charge in [0.15, 0.2) is 0 Å². The van der Waals surface area contributed by atoms with E-state index in [1.807, 2.05) is 30.3 Å². The van der Waals surface area contributed by atoms with Gasteiger partial charge < -0.3 is 10.0 Å². The summed E-state index contributed by atoms with van der Waals surface area (Å²) in [6.45, 7) is 6.61. The Morgan fingerprint density at radius 2 is 1.82 bits per heavy atom. The van der Waals surface area contributed by atoms with Crippen molar-refractivity contribution in [2.45, 2.75) is 27.2 Å². The van der Waals surface area contributed by atoms with Gasteiger partial charge in [0.25, 0.3) is 0 Å². The molecule has 22 heavy (non-hydrogen) atoms. The summed E-state index contributed by atoms with van der Waals surface area (Å²) in [6, 6.07) is 9.58. The normalized spacial score (nSPS) is 12.5. The number of amides is 1. The lowest BCUT2D eigenvalue weighted by molar-refractivity contribution is -0.142. The third-order valence-corrected chi connectivity index (χ3v) is 3.42. The zero-order valence-electron chi connectivity index (χ0n) is 13.5. The Kier molecular flexibility index (Phi) is 7.37. The molecule has 0 aliphatic carbocycles. The Balaban J connectivity index is 2.73. The third kappa shape index (κ3) is 6.57. The van der Waals surface area contributed by atoms with Crippen LogP contribution < -0.4 is 0 Å². The molecule has 4 heteroatoms. The summed E-state index contributed by atoms with van der Waals surface area (Å²) in [6.07, 6.45) is 4.14. The average molecular weight is 303 g/mol. The standard InChI is InChI=1S/C18H25NO3/c1-14(2)11-12-19(13-15(3)18(21)22)17(20)10-9-16-7-5-4-6-8-16/h4-10,14-15H,11-13H2,1-3H3,(H,21,22)/b10-9+. The van der Waals surface area contributed by atoms with Gasteiger partial charge in [-0.25, -0.2) is 0 Å². The van der Waals surface area contributed by atoms with Crippen molar-refractivity contribution in [1.82, 2.24) is 4.90 Å². The molecule has 1 atom stereocenters. The summed E-state index contributed by atoms with van der Waals surface area (Å²) >= 11 is 0. The molecule has 1 aromatic rings. The van der Waals surface area contributed by atoms with E-state index in [0.717, 1.165) is 12.0 Å². The van der Waals surface area contributed by atoms with E-state index in [1.165, 1.54) is 6.08 Å². The second-order valence-corrected chi connectivity index (χ2v) is 5.95. The number of carbonyl (C=O) groups excluding carboxylic acids is 1. The number of carbonyl (C=O) groups is 2. The highest BCUT2D eigenvalue weighted by molar-refractivity contribution is 5.92. The molecule has 120 valence electrons. The van der Waals surface area contributed by atoms with Crippen LogP contribution in [0.4, 0.5) is 0 Å². The number of carboxylic acid groups (broad SMARTS) is 1. The lowest BCUT2D eigenvalue weighted by Crippen LogP contribution is -2.37. The first-order chi connectivity index (χ1) is 10.4. The van der Waals surface area contributed by atoms with Gasteiger partial charge in [0.2, 0.25) is 5.91 Å². The molecule has 0 radical (unpaired) electrons. The van der Waals surface area contributed by atoms with Crippen LogP contribution in [0.5, 0.6) is 0 Å². The van der Waals surface area contributed by atoms with E-state index in [4.69, 9.17) is 5.11 Å². The number of benzene rings is 1. The molecular formula is C18H25NO3. The Labute approximate surface area is 132 Å². The van der Waals surface area contributed by atoms with Gasteiger partial charge in [-0.15, -0.1) is 0 Å². The number of aliphatic carboxylic acids is 1. The van der Waals surface area contributed by atoms with Crippen molar-refractivity contribution in [3.63, 3.8) is 0 Å². The second-order valence-electron chi connectivity index (χ2n) is 5.95. The van der Waals surface area contributed by atoms with Crippen molar-refractivity contribution in [2.75, 3.05) is 13.1 Å². The minimum absolute atomic E-state index is 0.141. The van der Waals surface area contributed by atoms with Crippen molar-refractivity contribution in [3.05, 3.63) is 42.0 Å². The minimum Gasteiger partial charge on any atom is -0.481 e. The Bertz CT molecular complexity index is 508. The second kappa shape index (κ2) is 9.03. The smallest absolute Gasteiger partial charge is 0.308 e. The van der Waals surface area contributed by atoms with Gasteiger partial charge in [-0.3, -0.25) is 9.59 Å². The molecule has 0 aliphatic rings. The molecule has 4 nitrogen and oxygen atoms in total. The van der Waals surface area contributed by atoms with Gasteiger partial charge in [0.1, 0.15) is 0 Å². The van der Waals surface area contributed by atoms with Crippen molar-refractivity contribution >= 4 is 18.0 Å². The first kappa shape index (κ1) is 18.0. The lowest BCUT2D eigenvalue weighted by Gasteiger charge is -2.24. The molecule has 1 rings (SSSR count). The lowest BCUT2D eigenvalue weighted by atomic mass is 10.1. The fourth-order valence-corrected chi connectivity index (χ4v) is 1.95. The Hall–Kier alpha value is -2.10. The largest absolute Gasteiger partial charge is 0.481 e. The highest BCUT2D eigenvalue weighted by Crippen LogP contribution is 2.08. The SMILES string of the molecule is CC(C)CCN(CC(C)C(=O)O)C(=O)/C=C/c1ccccc1. The van der Waals surface area contributed by atoms with Gasteiger partial charge in [0.05, 0.1) is 5.92 Å². The van der Waals surface area contributed by atoms with Crippen LogP contribution in [0.25, 0.3) is 6.08 Å². The Morgan fingerprint density at radius 3 is 2.36 bits per heavy atom. The monoisotopic (exact) mass is 303 g/mol. The molecule has 0 aromatic heterocycles. The molecule has 0 saturated carbocycles. The zero-order valence-corrected chi connectivity index (χ0v) is 13.5. The summed E-state index contributed by atoms with van der Waals surface area (Å²) in [5.74, 6) is -1.12. The number of hydrogen-bond donors (Lipinski definition) is 1. The van der Waals surface area contributed by atoms with E-state index in [0.29, 0.717) is 12.5 Å². The molecule has 0 aliphatic heterocycles. The highest BCUT2D eigenvalue weighted by Gasteiger charge is 2.19. The van der Waals surface area contributed by atoms with E-state index in [1.54, 1.807) is 17.9 Å². The highest BCUT2D eigenvalue weighted by atomic mass is 16.4. The van der Waals surface area contributed by atoms with Gasteiger partial charge in [-0.2, -0.15) is 0 Å². The number of nitrogens with zero attached hydrogens (tertiary/aromatic N) is 1. The van der Waals surface area contributed by atoms with E-state index in [-0.39, 0.29) is 12.5 Å². The maximum Gasteiger partial charge on any atom is 0.308 e. The maximum absolute atomic E-state index is 12.3. The maximum atomic E-state index is 12.3. The van der Waals surface area contributed by atoms with Crippen molar-refractivity contribution in [2.24, 2.45) is 11.8 Å². The molecule has 1 aromatic carbocycles. The molecule has 1 unspecified atom stereocenters. The van der Waals surface area contributed by atoms with Crippen LogP contribution in [0.1, 0.15) is 32.8 Å². The summed E-state index contributed by atoms with van der Waals surface area (Å²) < 4.78 is 0. The number of rotatable bonds is 8. The van der Waals surface area contributed by atoms with Gasteiger partial charge in [-0.1, -0.05) is 51.1 Å². The molecule has 0 heterocycles. The van der Waals surface area contributed by atoms with Crippen LogP contribution in [0.2, 0.25) is 0 Å². The van der Waals surface area contributed by atoms with Gasteiger partial charge in [0, 0.05) is 19.2 Å². The molecule has 0 fully saturated rings. The summed E-state index contributed by atoms with van der Waals surface area (Å²) in [4.78, 5) is 25.0. The topological polar surface area (TPSA) is 57.6 Å². The molecule has 0 spiro atoms. The number of hydrogen-bond acceptors (Lipinski definition) is 2. The number of carboxylic acids is 1. The van der Waals surface area contributed by atoms with E-state index >= 15 is 0 Å². The first-order valence-electron chi connectivity index (χ1n) is 7.65. The fraction of sp³-hybridized carbons (Fsp3) is 0.444. The molecular weight excluding hydrogens is 278 g/mol. The van der Waals surface area contributed by atoms with Crippen molar-refractivity contribution in [3.8, 4) is 0 Å². The van der Waals surface area contributed by atoms with Crippen LogP contribution in [0.3, 0.4) is 0 Å². The molecule has 1 amide bonds. The van der Waals surface area contributed by atoms with Crippen LogP contribution in [0, 0.1) is 11.8 Å². The van der Waals surface area contributed by atoms with Crippen LogP contribution >= 0.6 is 0 Å². The van der Waals surface area contributed by atoms with Gasteiger partial charge in [-0.05, 0) is 24.0 Å². The third-order valence-electron chi connectivity index (χ3n) is 3.42. The van der Waals surface area contributed by atoms with E-state index in [9.17, 15) is 9.59 Å². The molecule has 1 N–H and O–H groups in total. The quantitative estimate of drug-likeness (QED) is 0.750. The van der Waals surface area contributed by atoms with Crippen LogP contribution in [-0.4, -0.2) is 35.0 Å². The van der Waals surface area contributed by atoms with E-state index in [2.05, 4.69) is 13.8 Å². The van der Waals surface area contributed by atoms with Crippen molar-refractivity contribution < 1.29 is 14.7 Å². The zero-order chi connectivity index (χ0) is 16.5.